The third kappa shape index (κ3) is 3.30. The molecule has 32 heavy (non-hydrogen) atoms. The molecule has 2 fully saturated rings. The minimum absolute atomic E-state index is 0.0947. The SMILES string of the molecule is CNc1nc2ccc(F)cc2n1-c1nc(N2CCOC[C@H]2C)cc(C2([S@](C)(=N)=O)CC2)n1. The first-order valence-electron chi connectivity index (χ1n) is 10.6. The second-order valence-corrected chi connectivity index (χ2v) is 11.0. The van der Waals surface area contributed by atoms with Crippen molar-refractivity contribution in [2.75, 3.05) is 43.3 Å². The Labute approximate surface area is 186 Å². The van der Waals surface area contributed by atoms with Crippen molar-refractivity contribution >= 4 is 32.5 Å². The molecule has 1 aliphatic heterocycles. The van der Waals surface area contributed by atoms with Crippen molar-refractivity contribution in [3.63, 3.8) is 0 Å². The van der Waals surface area contributed by atoms with Gasteiger partial charge in [0.15, 0.2) is 0 Å². The van der Waals surface area contributed by atoms with E-state index in [4.69, 9.17) is 19.5 Å². The Balaban J connectivity index is 1.76. The Bertz CT molecular complexity index is 1300. The van der Waals surface area contributed by atoms with Crippen LogP contribution >= 0.6 is 0 Å². The highest BCUT2D eigenvalue weighted by atomic mass is 32.2. The molecule has 1 saturated carbocycles. The van der Waals surface area contributed by atoms with Gasteiger partial charge in [-0.1, -0.05) is 0 Å². The molecule has 11 heteroatoms. The number of anilines is 2. The number of imidazole rings is 1. The molecule has 0 bridgehead atoms. The van der Waals surface area contributed by atoms with E-state index in [0.717, 1.165) is 0 Å². The smallest absolute Gasteiger partial charge is 0.239 e. The van der Waals surface area contributed by atoms with Gasteiger partial charge in [-0.2, -0.15) is 4.98 Å². The third-order valence-electron chi connectivity index (χ3n) is 6.32. The van der Waals surface area contributed by atoms with Crippen molar-refractivity contribution in [2.24, 2.45) is 0 Å². The maximum absolute atomic E-state index is 14.1. The van der Waals surface area contributed by atoms with Crippen LogP contribution in [0.5, 0.6) is 0 Å². The number of morpholine rings is 1. The number of rotatable bonds is 5. The highest BCUT2D eigenvalue weighted by Gasteiger charge is 2.53. The van der Waals surface area contributed by atoms with Crippen LogP contribution in [-0.4, -0.2) is 62.8 Å². The summed E-state index contributed by atoms with van der Waals surface area (Å²) < 4.78 is 41.8. The van der Waals surface area contributed by atoms with E-state index in [2.05, 4.69) is 22.1 Å². The van der Waals surface area contributed by atoms with E-state index in [-0.39, 0.29) is 11.9 Å². The van der Waals surface area contributed by atoms with E-state index in [1.54, 1.807) is 17.7 Å². The first-order valence-corrected chi connectivity index (χ1v) is 12.5. The Morgan fingerprint density at radius 3 is 2.72 bits per heavy atom. The molecular weight excluding hydrogens is 433 g/mol. The van der Waals surface area contributed by atoms with Gasteiger partial charge >= 0.3 is 0 Å². The number of hydrogen-bond donors (Lipinski definition) is 2. The number of hydrogen-bond acceptors (Lipinski definition) is 8. The van der Waals surface area contributed by atoms with Crippen molar-refractivity contribution < 1.29 is 13.3 Å². The van der Waals surface area contributed by atoms with E-state index < -0.39 is 14.5 Å². The highest BCUT2D eigenvalue weighted by Crippen LogP contribution is 2.52. The van der Waals surface area contributed by atoms with E-state index >= 15 is 0 Å². The van der Waals surface area contributed by atoms with Gasteiger partial charge in [-0.05, 0) is 31.9 Å². The lowest BCUT2D eigenvalue weighted by Gasteiger charge is -2.34. The van der Waals surface area contributed by atoms with Crippen molar-refractivity contribution in [2.45, 2.75) is 30.6 Å². The number of ether oxygens (including phenoxy) is 1. The van der Waals surface area contributed by atoms with E-state index in [9.17, 15) is 8.60 Å². The molecule has 0 spiro atoms. The van der Waals surface area contributed by atoms with Gasteiger partial charge in [0.05, 0.1) is 50.5 Å². The second kappa shape index (κ2) is 7.38. The lowest BCUT2D eigenvalue weighted by Crippen LogP contribution is -2.44. The van der Waals surface area contributed by atoms with Crippen molar-refractivity contribution in [1.29, 1.82) is 4.78 Å². The number of fused-ring (bicyclic) bond motifs is 1. The van der Waals surface area contributed by atoms with Crippen LogP contribution in [-0.2, 0) is 19.2 Å². The number of nitrogens with one attached hydrogen (secondary N) is 2. The molecule has 2 aromatic heterocycles. The predicted molar refractivity (Wildman–Crippen MR) is 121 cm³/mol. The van der Waals surface area contributed by atoms with Crippen LogP contribution in [0.25, 0.3) is 17.0 Å². The molecule has 3 aromatic rings. The number of nitrogens with zero attached hydrogens (tertiary/aromatic N) is 5. The molecule has 1 aliphatic carbocycles. The van der Waals surface area contributed by atoms with Crippen LogP contribution in [0.1, 0.15) is 25.5 Å². The Hall–Kier alpha value is -2.79. The summed E-state index contributed by atoms with van der Waals surface area (Å²) in [5.74, 6) is 1.07. The molecule has 0 amide bonds. The Kier molecular flexibility index (Phi) is 4.86. The summed E-state index contributed by atoms with van der Waals surface area (Å²) in [6.07, 6.45) is 2.75. The van der Waals surface area contributed by atoms with Gasteiger partial charge < -0.3 is 15.0 Å². The largest absolute Gasteiger partial charge is 0.377 e. The van der Waals surface area contributed by atoms with Crippen molar-refractivity contribution in [3.8, 4) is 5.95 Å². The van der Waals surface area contributed by atoms with Crippen LogP contribution in [0, 0.1) is 10.6 Å². The molecule has 9 nitrogen and oxygen atoms in total. The maximum Gasteiger partial charge on any atom is 0.239 e. The molecule has 0 radical (unpaired) electrons. The van der Waals surface area contributed by atoms with E-state index in [1.165, 1.54) is 18.4 Å². The zero-order chi connectivity index (χ0) is 22.7. The normalized spacial score (nSPS) is 22.0. The fraction of sp³-hybridized carbons (Fsp3) is 0.476. The van der Waals surface area contributed by atoms with Crippen LogP contribution in [0.15, 0.2) is 24.3 Å². The van der Waals surface area contributed by atoms with Crippen molar-refractivity contribution in [1.82, 2.24) is 19.5 Å². The Morgan fingerprint density at radius 1 is 1.28 bits per heavy atom. The molecule has 3 heterocycles. The molecule has 1 aromatic carbocycles. The van der Waals surface area contributed by atoms with Gasteiger partial charge in [-0.15, -0.1) is 0 Å². The molecular formula is C21H26FN7O2S. The number of aromatic nitrogens is 4. The van der Waals surface area contributed by atoms with E-state index in [1.807, 2.05) is 6.07 Å². The van der Waals surface area contributed by atoms with Crippen LogP contribution in [0.2, 0.25) is 0 Å². The number of halogens is 1. The molecule has 2 N–H and O–H groups in total. The zero-order valence-corrected chi connectivity index (χ0v) is 19.1. The summed E-state index contributed by atoms with van der Waals surface area (Å²) in [5, 5.41) is 3.04. The molecule has 0 unspecified atom stereocenters. The molecule has 2 atom stereocenters. The van der Waals surface area contributed by atoms with Gasteiger partial charge in [-0.25, -0.2) is 23.1 Å². The van der Waals surface area contributed by atoms with Gasteiger partial charge in [0, 0.05) is 32.0 Å². The summed E-state index contributed by atoms with van der Waals surface area (Å²) in [6.45, 7) is 3.87. The maximum atomic E-state index is 14.1. The minimum Gasteiger partial charge on any atom is -0.377 e. The summed E-state index contributed by atoms with van der Waals surface area (Å²) in [5.41, 5.74) is 1.71. The minimum atomic E-state index is -2.89. The van der Waals surface area contributed by atoms with Gasteiger partial charge in [0.2, 0.25) is 11.9 Å². The van der Waals surface area contributed by atoms with Gasteiger partial charge in [-0.3, -0.25) is 4.78 Å². The van der Waals surface area contributed by atoms with Crippen molar-refractivity contribution in [3.05, 3.63) is 35.8 Å². The second-order valence-electron chi connectivity index (χ2n) is 8.52. The highest BCUT2D eigenvalue weighted by molar-refractivity contribution is 7.92. The number of benzene rings is 1. The monoisotopic (exact) mass is 459 g/mol. The first kappa shape index (κ1) is 21.1. The molecule has 5 rings (SSSR count). The lowest BCUT2D eigenvalue weighted by atomic mass is 10.2. The summed E-state index contributed by atoms with van der Waals surface area (Å²) >= 11 is 0. The quantitative estimate of drug-likeness (QED) is 0.604. The predicted octanol–water partition coefficient (Wildman–Crippen LogP) is 2.89. The van der Waals surface area contributed by atoms with Gasteiger partial charge in [0.25, 0.3) is 0 Å². The summed E-state index contributed by atoms with van der Waals surface area (Å²) in [4.78, 5) is 16.3. The van der Waals surface area contributed by atoms with Gasteiger partial charge in [0.1, 0.15) is 11.6 Å². The first-order chi connectivity index (χ1) is 15.2. The zero-order valence-electron chi connectivity index (χ0n) is 18.3. The molecule has 1 saturated heterocycles. The average molecular weight is 460 g/mol. The fourth-order valence-corrected chi connectivity index (χ4v) is 5.73. The Morgan fingerprint density at radius 2 is 2.06 bits per heavy atom. The fourth-order valence-electron chi connectivity index (χ4n) is 4.35. The average Bonchev–Trinajstić information content (AvgIpc) is 3.50. The molecule has 2 aliphatic rings. The topological polar surface area (TPSA) is 109 Å². The van der Waals surface area contributed by atoms with Crippen LogP contribution < -0.4 is 10.2 Å². The van der Waals surface area contributed by atoms with Crippen LogP contribution in [0.3, 0.4) is 0 Å². The summed E-state index contributed by atoms with van der Waals surface area (Å²) in [6, 6.07) is 6.33. The van der Waals surface area contributed by atoms with Crippen LogP contribution in [0.4, 0.5) is 16.2 Å². The standard InChI is InChI=1S/C21H26FN7O2S/c1-13-12-31-9-8-28(13)18-11-17(21(6-7-21)32(3,23)30)26-20(27-18)29-16-10-14(22)4-5-15(16)25-19(29)24-2/h4-5,10-11,13,23H,6-9,12H2,1-3H3,(H,24,25)/t13-,32-/m1/s1. The third-order valence-corrected chi connectivity index (χ3v) is 8.43. The summed E-state index contributed by atoms with van der Waals surface area (Å²) in [7, 11) is -1.16. The lowest BCUT2D eigenvalue weighted by molar-refractivity contribution is 0.0985. The van der Waals surface area contributed by atoms with E-state index in [0.29, 0.717) is 67.0 Å². The molecule has 170 valence electrons.